The number of aromatic nitrogens is 2. The third-order valence-corrected chi connectivity index (χ3v) is 6.68. The quantitative estimate of drug-likeness (QED) is 0.503. The van der Waals surface area contributed by atoms with E-state index in [1.807, 2.05) is 24.3 Å². The first-order chi connectivity index (χ1) is 15.9. The molecule has 0 fully saturated rings. The summed E-state index contributed by atoms with van der Waals surface area (Å²) in [6.07, 6.45) is 3.37. The highest BCUT2D eigenvalue weighted by atomic mass is 32.2. The summed E-state index contributed by atoms with van der Waals surface area (Å²) < 4.78 is 32.4. The van der Waals surface area contributed by atoms with E-state index in [0.717, 1.165) is 23.1 Å². The number of esters is 1. The third kappa shape index (κ3) is 5.65. The molecule has 0 amide bonds. The number of methoxy groups -OCH3 is 1. The number of carbonyl (C=O) groups is 1. The molecule has 0 aliphatic carbocycles. The molecule has 4 bridgehead atoms. The maximum atomic E-state index is 12.5. The van der Waals surface area contributed by atoms with Gasteiger partial charge < -0.3 is 15.4 Å². The number of sulfonamides is 1. The predicted octanol–water partition coefficient (Wildman–Crippen LogP) is 3.09. The van der Waals surface area contributed by atoms with Crippen LogP contribution in [0.2, 0.25) is 0 Å². The smallest absolute Gasteiger partial charge is 0.309 e. The van der Waals surface area contributed by atoms with Crippen molar-refractivity contribution in [1.82, 2.24) is 14.7 Å². The van der Waals surface area contributed by atoms with Crippen molar-refractivity contribution >= 4 is 33.4 Å². The van der Waals surface area contributed by atoms with Gasteiger partial charge in [-0.05, 0) is 42.2 Å². The number of nitrogens with one attached hydrogen (secondary N) is 3. The van der Waals surface area contributed by atoms with Gasteiger partial charge in [0.15, 0.2) is 0 Å². The number of hydrogen-bond donors (Lipinski definition) is 3. The van der Waals surface area contributed by atoms with Crippen LogP contribution < -0.4 is 15.4 Å². The highest BCUT2D eigenvalue weighted by Gasteiger charge is 2.16. The van der Waals surface area contributed by atoms with E-state index < -0.39 is 10.0 Å². The van der Waals surface area contributed by atoms with Crippen molar-refractivity contribution in [3.8, 4) is 11.1 Å². The summed E-state index contributed by atoms with van der Waals surface area (Å²) in [6.45, 7) is 0.974. The summed E-state index contributed by atoms with van der Waals surface area (Å²) in [7, 11) is -2.21. The highest BCUT2D eigenvalue weighted by Crippen LogP contribution is 2.28. The van der Waals surface area contributed by atoms with Crippen molar-refractivity contribution in [1.29, 1.82) is 0 Å². The van der Waals surface area contributed by atoms with Crippen molar-refractivity contribution in [3.05, 3.63) is 60.3 Å². The van der Waals surface area contributed by atoms with Gasteiger partial charge in [-0.15, -0.1) is 0 Å². The molecule has 0 atom stereocenters. The number of benzene rings is 2. The molecule has 1 aromatic heterocycles. The number of fused-ring (bicyclic) bond motifs is 4. The summed E-state index contributed by atoms with van der Waals surface area (Å²) >= 11 is 0. The lowest BCUT2D eigenvalue weighted by Gasteiger charge is -2.15. The van der Waals surface area contributed by atoms with Gasteiger partial charge in [-0.1, -0.05) is 30.3 Å². The first-order valence-electron chi connectivity index (χ1n) is 10.6. The second kappa shape index (κ2) is 9.97. The van der Waals surface area contributed by atoms with Crippen LogP contribution in [-0.2, 0) is 26.0 Å². The maximum absolute atomic E-state index is 12.5. The number of anilines is 3. The van der Waals surface area contributed by atoms with E-state index in [1.165, 1.54) is 7.11 Å². The fourth-order valence-corrected chi connectivity index (χ4v) is 4.57. The molecule has 0 saturated carbocycles. The van der Waals surface area contributed by atoms with E-state index in [9.17, 15) is 13.2 Å². The van der Waals surface area contributed by atoms with Crippen molar-refractivity contribution in [2.24, 2.45) is 0 Å². The molecule has 172 valence electrons. The van der Waals surface area contributed by atoms with Gasteiger partial charge in [0.2, 0.25) is 16.0 Å². The van der Waals surface area contributed by atoms with E-state index >= 15 is 0 Å². The number of hydrogen-bond acceptors (Lipinski definition) is 8. The van der Waals surface area contributed by atoms with Crippen molar-refractivity contribution in [2.75, 3.05) is 30.8 Å². The number of ether oxygens (including phenoxy) is 1. The van der Waals surface area contributed by atoms with Gasteiger partial charge in [0.25, 0.3) is 0 Å². The minimum absolute atomic E-state index is 0.187. The van der Waals surface area contributed by atoms with Gasteiger partial charge >= 0.3 is 5.97 Å². The zero-order chi connectivity index (χ0) is 23.3. The number of nitrogens with zero attached hydrogens (tertiary/aromatic N) is 2. The first kappa shape index (κ1) is 22.7. The van der Waals surface area contributed by atoms with E-state index in [-0.39, 0.29) is 17.3 Å². The Labute approximate surface area is 192 Å². The zero-order valence-corrected chi connectivity index (χ0v) is 19.0. The molecule has 9 nitrogen and oxygen atoms in total. The largest absolute Gasteiger partial charge is 0.469 e. The Morgan fingerprint density at radius 1 is 1.09 bits per heavy atom. The average molecular weight is 468 g/mol. The molecule has 33 heavy (non-hydrogen) atoms. The standard InChI is InChI=1S/C23H25N5O4S/c1-32-21(29)13-16-7-9-17(10-8-16)20-15-25-23-27-18-5-4-6-19(14-18)33(30,31)26-12-3-2-11-24-22(20)28-23/h4-10,14-15,26H,2-3,11-13H2,1H3,(H2,24,25,27,28). The van der Waals surface area contributed by atoms with Gasteiger partial charge in [0.1, 0.15) is 5.82 Å². The Hall–Kier alpha value is -3.50. The average Bonchev–Trinajstić information content (AvgIpc) is 2.81. The summed E-state index contributed by atoms with van der Waals surface area (Å²) in [6, 6.07) is 14.1. The Morgan fingerprint density at radius 2 is 1.88 bits per heavy atom. The van der Waals surface area contributed by atoms with Crippen LogP contribution in [0, 0.1) is 0 Å². The number of rotatable bonds is 3. The molecule has 4 rings (SSSR count). The Bertz CT molecular complexity index is 1250. The summed E-state index contributed by atoms with van der Waals surface area (Å²) in [4.78, 5) is 20.8. The Kier molecular flexibility index (Phi) is 6.85. The molecule has 3 N–H and O–H groups in total. The predicted molar refractivity (Wildman–Crippen MR) is 126 cm³/mol. The minimum Gasteiger partial charge on any atom is -0.469 e. The second-order valence-corrected chi connectivity index (χ2v) is 9.36. The van der Waals surface area contributed by atoms with E-state index in [4.69, 9.17) is 4.74 Å². The van der Waals surface area contributed by atoms with Crippen LogP contribution in [0.15, 0.2) is 59.6 Å². The molecule has 2 aromatic carbocycles. The third-order valence-electron chi connectivity index (χ3n) is 5.22. The fraction of sp³-hybridized carbons (Fsp3) is 0.261. The van der Waals surface area contributed by atoms with Crippen LogP contribution in [0.3, 0.4) is 0 Å². The van der Waals surface area contributed by atoms with Gasteiger partial charge in [0.05, 0.1) is 18.4 Å². The molecule has 1 aliphatic heterocycles. The molecule has 1 aliphatic rings. The number of carbonyl (C=O) groups excluding carboxylic acids is 1. The van der Waals surface area contributed by atoms with Crippen molar-refractivity contribution < 1.29 is 17.9 Å². The molecule has 2 heterocycles. The summed E-state index contributed by atoms with van der Waals surface area (Å²) in [5.41, 5.74) is 3.16. The monoisotopic (exact) mass is 467 g/mol. The van der Waals surface area contributed by atoms with E-state index in [0.29, 0.717) is 37.0 Å². The van der Waals surface area contributed by atoms with E-state index in [2.05, 4.69) is 25.3 Å². The zero-order valence-electron chi connectivity index (χ0n) is 18.2. The lowest BCUT2D eigenvalue weighted by molar-refractivity contribution is -0.139. The van der Waals surface area contributed by atoms with Gasteiger partial charge in [-0.3, -0.25) is 4.79 Å². The Balaban J connectivity index is 1.65. The molecule has 0 radical (unpaired) electrons. The second-order valence-electron chi connectivity index (χ2n) is 7.59. The SMILES string of the molecule is COC(=O)Cc1ccc(-c2cnc3nc2NCCCCNS(=O)(=O)c2cccc(c2)N3)cc1. The van der Waals surface area contributed by atoms with E-state index in [1.54, 1.807) is 30.5 Å². The lowest BCUT2D eigenvalue weighted by Crippen LogP contribution is -2.25. The van der Waals surface area contributed by atoms with Crippen LogP contribution in [0.1, 0.15) is 18.4 Å². The van der Waals surface area contributed by atoms with Crippen LogP contribution in [0.5, 0.6) is 0 Å². The van der Waals surface area contributed by atoms with Gasteiger partial charge in [-0.2, -0.15) is 4.98 Å². The molecular weight excluding hydrogens is 442 g/mol. The van der Waals surface area contributed by atoms with Crippen molar-refractivity contribution in [2.45, 2.75) is 24.2 Å². The molecule has 0 saturated heterocycles. The summed E-state index contributed by atoms with van der Waals surface area (Å²) in [5, 5.41) is 6.43. The molecule has 10 heteroatoms. The molecule has 0 unspecified atom stereocenters. The van der Waals surface area contributed by atoms with Crippen LogP contribution >= 0.6 is 0 Å². The minimum atomic E-state index is -3.58. The highest BCUT2D eigenvalue weighted by molar-refractivity contribution is 7.89. The van der Waals surface area contributed by atoms with Crippen LogP contribution in [-0.4, -0.2) is 44.6 Å². The Morgan fingerprint density at radius 3 is 2.67 bits per heavy atom. The normalized spacial score (nSPS) is 15.4. The van der Waals surface area contributed by atoms with Crippen molar-refractivity contribution in [3.63, 3.8) is 0 Å². The first-order valence-corrected chi connectivity index (χ1v) is 12.1. The van der Waals surface area contributed by atoms with Gasteiger partial charge in [0, 0.05) is 30.5 Å². The van der Waals surface area contributed by atoms with Crippen LogP contribution in [0.4, 0.5) is 17.5 Å². The maximum Gasteiger partial charge on any atom is 0.309 e. The fourth-order valence-electron chi connectivity index (χ4n) is 3.45. The lowest BCUT2D eigenvalue weighted by atomic mass is 10.0. The molecule has 0 spiro atoms. The van der Waals surface area contributed by atoms with Gasteiger partial charge in [-0.25, -0.2) is 18.1 Å². The topological polar surface area (TPSA) is 122 Å². The van der Waals surface area contributed by atoms with Crippen LogP contribution in [0.25, 0.3) is 11.1 Å². The molecular formula is C23H25N5O4S. The summed E-state index contributed by atoms with van der Waals surface area (Å²) in [5.74, 6) is 0.730. The molecule has 3 aromatic rings.